The van der Waals surface area contributed by atoms with E-state index in [-0.39, 0.29) is 23.2 Å². The molecule has 0 amide bonds. The van der Waals surface area contributed by atoms with Crippen LogP contribution in [-0.4, -0.2) is 11.1 Å². The number of rotatable bonds is 3. The molecule has 0 unspecified atom stereocenters. The zero-order valence-corrected chi connectivity index (χ0v) is 15.6. The standard InChI is InChI=1S/C18H31NO.ClH/c1-12(2)19-11-13-9-14(17(3,4)5)16(20)15(10-13)18(6,7)8;/h9-10,12,19-20H,11H2,1-8H3;1H. The number of hydrogen-bond acceptors (Lipinski definition) is 2. The van der Waals surface area contributed by atoms with E-state index >= 15 is 0 Å². The minimum atomic E-state index is -0.0576. The first kappa shape index (κ1) is 20.3. The first-order valence-electron chi connectivity index (χ1n) is 7.53. The van der Waals surface area contributed by atoms with Gasteiger partial charge in [-0.25, -0.2) is 0 Å². The molecule has 0 aliphatic carbocycles. The van der Waals surface area contributed by atoms with Gasteiger partial charge in [-0.15, -0.1) is 12.4 Å². The summed E-state index contributed by atoms with van der Waals surface area (Å²) in [5.74, 6) is 0.457. The van der Waals surface area contributed by atoms with Crippen molar-refractivity contribution in [2.75, 3.05) is 0 Å². The van der Waals surface area contributed by atoms with Crippen molar-refractivity contribution >= 4 is 12.4 Å². The van der Waals surface area contributed by atoms with E-state index in [1.54, 1.807) is 0 Å². The molecule has 1 aromatic carbocycles. The van der Waals surface area contributed by atoms with Gasteiger partial charge in [0.15, 0.2) is 0 Å². The second-order valence-corrected chi connectivity index (χ2v) is 8.08. The topological polar surface area (TPSA) is 32.3 Å². The maximum atomic E-state index is 10.6. The summed E-state index contributed by atoms with van der Waals surface area (Å²) < 4.78 is 0. The molecule has 0 heterocycles. The van der Waals surface area contributed by atoms with Gasteiger partial charge < -0.3 is 10.4 Å². The summed E-state index contributed by atoms with van der Waals surface area (Å²) in [6.07, 6.45) is 0. The Balaban J connectivity index is 0.00000400. The van der Waals surface area contributed by atoms with Crippen LogP contribution in [0.25, 0.3) is 0 Å². The Morgan fingerprint density at radius 3 is 1.62 bits per heavy atom. The van der Waals surface area contributed by atoms with Crippen LogP contribution >= 0.6 is 12.4 Å². The van der Waals surface area contributed by atoms with Gasteiger partial charge in [-0.3, -0.25) is 0 Å². The van der Waals surface area contributed by atoms with Crippen molar-refractivity contribution in [1.29, 1.82) is 0 Å². The summed E-state index contributed by atoms with van der Waals surface area (Å²) in [5.41, 5.74) is 3.19. The molecule has 122 valence electrons. The van der Waals surface area contributed by atoms with Gasteiger partial charge in [-0.05, 0) is 27.5 Å². The maximum absolute atomic E-state index is 10.6. The molecule has 0 aliphatic rings. The number of phenolic OH excluding ortho intramolecular Hbond substituents is 1. The SMILES string of the molecule is CC(C)NCc1cc(C(C)(C)C)c(O)c(C(C)(C)C)c1.Cl. The molecule has 21 heavy (non-hydrogen) atoms. The zero-order valence-electron chi connectivity index (χ0n) is 14.8. The van der Waals surface area contributed by atoms with Crippen molar-refractivity contribution in [2.24, 2.45) is 0 Å². The van der Waals surface area contributed by atoms with Crippen molar-refractivity contribution < 1.29 is 5.11 Å². The summed E-state index contributed by atoms with van der Waals surface area (Å²) in [4.78, 5) is 0. The van der Waals surface area contributed by atoms with E-state index in [0.29, 0.717) is 11.8 Å². The van der Waals surface area contributed by atoms with Crippen LogP contribution < -0.4 is 5.32 Å². The van der Waals surface area contributed by atoms with Crippen LogP contribution in [0.4, 0.5) is 0 Å². The van der Waals surface area contributed by atoms with E-state index in [9.17, 15) is 5.11 Å². The molecule has 3 heteroatoms. The van der Waals surface area contributed by atoms with E-state index in [0.717, 1.165) is 17.7 Å². The molecule has 0 saturated heterocycles. The summed E-state index contributed by atoms with van der Waals surface area (Å²) in [6.45, 7) is 18.0. The molecule has 0 fully saturated rings. The Kier molecular flexibility index (Phi) is 6.78. The molecular formula is C18H32ClNO. The van der Waals surface area contributed by atoms with Gasteiger partial charge >= 0.3 is 0 Å². The lowest BCUT2D eigenvalue weighted by molar-refractivity contribution is 0.422. The third-order valence-electron chi connectivity index (χ3n) is 3.50. The van der Waals surface area contributed by atoms with Gasteiger partial charge in [0.25, 0.3) is 0 Å². The third-order valence-corrected chi connectivity index (χ3v) is 3.50. The molecule has 0 radical (unpaired) electrons. The number of nitrogens with one attached hydrogen (secondary N) is 1. The lowest BCUT2D eigenvalue weighted by Crippen LogP contribution is -2.23. The van der Waals surface area contributed by atoms with Crippen LogP contribution in [0.5, 0.6) is 5.75 Å². The van der Waals surface area contributed by atoms with E-state index in [1.807, 2.05) is 0 Å². The number of aromatic hydroxyl groups is 1. The Hall–Kier alpha value is -0.730. The predicted octanol–water partition coefficient (Wildman–Crippen LogP) is 4.91. The molecule has 0 bridgehead atoms. The van der Waals surface area contributed by atoms with Crippen LogP contribution in [0.2, 0.25) is 0 Å². The van der Waals surface area contributed by atoms with Crippen LogP contribution in [0.3, 0.4) is 0 Å². The highest BCUT2D eigenvalue weighted by Gasteiger charge is 2.26. The number of hydrogen-bond donors (Lipinski definition) is 2. The molecule has 1 aromatic rings. The second kappa shape index (κ2) is 7.02. The highest BCUT2D eigenvalue weighted by atomic mass is 35.5. The number of benzene rings is 1. The highest BCUT2D eigenvalue weighted by molar-refractivity contribution is 5.85. The summed E-state index contributed by atoms with van der Waals surface area (Å²) in [6, 6.07) is 4.74. The normalized spacial score (nSPS) is 12.4. The molecule has 2 N–H and O–H groups in total. The van der Waals surface area contributed by atoms with Crippen molar-refractivity contribution in [3.8, 4) is 5.75 Å². The smallest absolute Gasteiger partial charge is 0.123 e. The fourth-order valence-electron chi connectivity index (χ4n) is 2.26. The van der Waals surface area contributed by atoms with Crippen molar-refractivity contribution in [2.45, 2.75) is 78.8 Å². The van der Waals surface area contributed by atoms with Gasteiger partial charge in [0.1, 0.15) is 5.75 Å². The third kappa shape index (κ3) is 5.52. The van der Waals surface area contributed by atoms with E-state index in [2.05, 4.69) is 72.8 Å². The van der Waals surface area contributed by atoms with Gasteiger partial charge in [0.2, 0.25) is 0 Å². The molecular weight excluding hydrogens is 282 g/mol. The molecule has 0 aromatic heterocycles. The van der Waals surface area contributed by atoms with E-state index in [1.165, 1.54) is 5.56 Å². The molecule has 0 aliphatic heterocycles. The van der Waals surface area contributed by atoms with Gasteiger partial charge in [0, 0.05) is 12.6 Å². The molecule has 0 spiro atoms. The molecule has 2 nitrogen and oxygen atoms in total. The lowest BCUT2D eigenvalue weighted by Gasteiger charge is -2.28. The van der Waals surface area contributed by atoms with Crippen LogP contribution in [0.15, 0.2) is 12.1 Å². The number of phenols is 1. The minimum Gasteiger partial charge on any atom is -0.507 e. The lowest BCUT2D eigenvalue weighted by atomic mass is 9.78. The van der Waals surface area contributed by atoms with Crippen molar-refractivity contribution in [3.63, 3.8) is 0 Å². The number of halogens is 1. The Morgan fingerprint density at radius 2 is 1.33 bits per heavy atom. The summed E-state index contributed by atoms with van der Waals surface area (Å²) in [5, 5.41) is 14.1. The largest absolute Gasteiger partial charge is 0.507 e. The summed E-state index contributed by atoms with van der Waals surface area (Å²) in [7, 11) is 0. The maximum Gasteiger partial charge on any atom is 0.123 e. The quantitative estimate of drug-likeness (QED) is 0.831. The second-order valence-electron chi connectivity index (χ2n) is 8.08. The average molecular weight is 314 g/mol. The Morgan fingerprint density at radius 1 is 0.952 bits per heavy atom. The predicted molar refractivity (Wildman–Crippen MR) is 94.7 cm³/mol. The molecule has 0 atom stereocenters. The van der Waals surface area contributed by atoms with Crippen LogP contribution in [0.1, 0.15) is 72.1 Å². The van der Waals surface area contributed by atoms with Gasteiger partial charge in [0.05, 0.1) is 0 Å². The first-order chi connectivity index (χ1) is 8.93. The van der Waals surface area contributed by atoms with Crippen molar-refractivity contribution in [1.82, 2.24) is 5.32 Å². The first-order valence-corrected chi connectivity index (χ1v) is 7.53. The van der Waals surface area contributed by atoms with Gasteiger partial charge in [-0.1, -0.05) is 67.5 Å². The Labute approximate surface area is 136 Å². The van der Waals surface area contributed by atoms with Crippen molar-refractivity contribution in [3.05, 3.63) is 28.8 Å². The highest BCUT2D eigenvalue weighted by Crippen LogP contribution is 2.39. The average Bonchev–Trinajstić information content (AvgIpc) is 2.24. The Bertz CT molecular complexity index is 432. The van der Waals surface area contributed by atoms with E-state index < -0.39 is 0 Å². The van der Waals surface area contributed by atoms with Crippen LogP contribution in [-0.2, 0) is 17.4 Å². The zero-order chi connectivity index (χ0) is 15.7. The molecule has 1 rings (SSSR count). The summed E-state index contributed by atoms with van der Waals surface area (Å²) >= 11 is 0. The van der Waals surface area contributed by atoms with E-state index in [4.69, 9.17) is 0 Å². The minimum absolute atomic E-state index is 0. The van der Waals surface area contributed by atoms with Gasteiger partial charge in [-0.2, -0.15) is 0 Å². The van der Waals surface area contributed by atoms with Crippen LogP contribution in [0, 0.1) is 0 Å². The fourth-order valence-corrected chi connectivity index (χ4v) is 2.26. The monoisotopic (exact) mass is 313 g/mol. The molecule has 0 saturated carbocycles. The fraction of sp³-hybridized carbons (Fsp3) is 0.667.